The Hall–Kier alpha value is -3.02. The maximum Gasteiger partial charge on any atom is 0.255 e. The van der Waals surface area contributed by atoms with Crippen molar-refractivity contribution >= 4 is 11.8 Å². The molecule has 0 saturated heterocycles. The fourth-order valence-electron chi connectivity index (χ4n) is 4.97. The molecule has 0 aromatic heterocycles. The van der Waals surface area contributed by atoms with Gasteiger partial charge in [0.1, 0.15) is 17.5 Å². The van der Waals surface area contributed by atoms with Crippen molar-refractivity contribution < 1.29 is 19.1 Å². The van der Waals surface area contributed by atoms with E-state index in [1.165, 1.54) is 6.42 Å². The molecule has 6 heteroatoms. The monoisotopic (exact) mass is 480 g/mol. The lowest BCUT2D eigenvalue weighted by molar-refractivity contribution is -0.128. The van der Waals surface area contributed by atoms with Gasteiger partial charge in [0, 0.05) is 23.2 Å². The van der Waals surface area contributed by atoms with Crippen molar-refractivity contribution in [3.63, 3.8) is 0 Å². The third-order valence-corrected chi connectivity index (χ3v) is 6.85. The Balaban J connectivity index is 2.03. The highest BCUT2D eigenvalue weighted by atomic mass is 16.5. The summed E-state index contributed by atoms with van der Waals surface area (Å²) in [5, 5.41) is 3.28. The topological polar surface area (TPSA) is 67.9 Å². The van der Waals surface area contributed by atoms with E-state index in [0.717, 1.165) is 31.2 Å². The molecular weight excluding hydrogens is 440 g/mol. The van der Waals surface area contributed by atoms with Gasteiger partial charge in [-0.05, 0) is 56.4 Å². The SMILES string of the molecule is COc1ccc([C@H](C)N(C(=O)c2ccccc2)[C@@H](CC(C)C)C(=O)NC2CCCCC2)c(OC)c1. The standard InChI is InChI=1S/C29H40N2O4/c1-20(2)18-26(28(32)30-23-14-10-7-11-15-23)31(29(33)22-12-8-6-9-13-22)21(3)25-17-16-24(34-4)19-27(25)35-5/h6,8-9,12-13,16-17,19-21,23,26H,7,10-11,14-15,18H2,1-5H3,(H,30,32)/t21-,26-/m0/s1. The molecule has 0 radical (unpaired) electrons. The summed E-state index contributed by atoms with van der Waals surface area (Å²) in [6.07, 6.45) is 6.04. The van der Waals surface area contributed by atoms with Gasteiger partial charge < -0.3 is 19.7 Å². The summed E-state index contributed by atoms with van der Waals surface area (Å²) >= 11 is 0. The van der Waals surface area contributed by atoms with Crippen LogP contribution in [0, 0.1) is 5.92 Å². The Morgan fingerprint density at radius 1 is 0.971 bits per heavy atom. The van der Waals surface area contributed by atoms with E-state index in [1.54, 1.807) is 31.3 Å². The van der Waals surface area contributed by atoms with Gasteiger partial charge in [0.15, 0.2) is 0 Å². The number of amides is 2. The third kappa shape index (κ3) is 6.77. The van der Waals surface area contributed by atoms with Crippen LogP contribution in [0.15, 0.2) is 48.5 Å². The van der Waals surface area contributed by atoms with E-state index >= 15 is 0 Å². The van der Waals surface area contributed by atoms with Crippen LogP contribution < -0.4 is 14.8 Å². The molecule has 0 aliphatic heterocycles. The molecule has 190 valence electrons. The lowest BCUT2D eigenvalue weighted by Gasteiger charge is -2.38. The Labute approximate surface area is 210 Å². The average Bonchev–Trinajstić information content (AvgIpc) is 2.88. The van der Waals surface area contributed by atoms with Crippen molar-refractivity contribution in [3.8, 4) is 11.5 Å². The van der Waals surface area contributed by atoms with Gasteiger partial charge in [0.2, 0.25) is 5.91 Å². The normalized spacial score (nSPS) is 15.8. The fourth-order valence-corrected chi connectivity index (χ4v) is 4.97. The minimum Gasteiger partial charge on any atom is -0.497 e. The first-order valence-electron chi connectivity index (χ1n) is 12.8. The molecule has 0 spiro atoms. The summed E-state index contributed by atoms with van der Waals surface area (Å²) in [6, 6.07) is 14.0. The maximum atomic E-state index is 14.0. The zero-order valence-electron chi connectivity index (χ0n) is 21.8. The Morgan fingerprint density at radius 2 is 1.66 bits per heavy atom. The fraction of sp³-hybridized carbons (Fsp3) is 0.517. The van der Waals surface area contributed by atoms with E-state index in [0.29, 0.717) is 23.5 Å². The van der Waals surface area contributed by atoms with Crippen LogP contribution in [0.4, 0.5) is 0 Å². The van der Waals surface area contributed by atoms with Gasteiger partial charge in [-0.1, -0.05) is 51.3 Å². The highest BCUT2D eigenvalue weighted by Gasteiger charge is 2.37. The lowest BCUT2D eigenvalue weighted by Crippen LogP contribution is -2.53. The molecule has 1 fully saturated rings. The van der Waals surface area contributed by atoms with Crippen molar-refractivity contribution in [1.29, 1.82) is 0 Å². The van der Waals surface area contributed by atoms with Crippen molar-refractivity contribution in [2.45, 2.75) is 77.4 Å². The highest BCUT2D eigenvalue weighted by Crippen LogP contribution is 2.35. The number of ether oxygens (including phenoxy) is 2. The molecule has 2 atom stereocenters. The molecule has 2 aromatic carbocycles. The quantitative estimate of drug-likeness (QED) is 0.469. The van der Waals surface area contributed by atoms with E-state index in [2.05, 4.69) is 19.2 Å². The highest BCUT2D eigenvalue weighted by molar-refractivity contribution is 5.98. The number of carbonyl (C=O) groups excluding carboxylic acids is 2. The number of nitrogens with one attached hydrogen (secondary N) is 1. The molecule has 0 unspecified atom stereocenters. The van der Waals surface area contributed by atoms with Crippen molar-refractivity contribution in [2.75, 3.05) is 14.2 Å². The second-order valence-electron chi connectivity index (χ2n) is 9.85. The van der Waals surface area contributed by atoms with Crippen molar-refractivity contribution in [3.05, 3.63) is 59.7 Å². The number of hydrogen-bond donors (Lipinski definition) is 1. The summed E-state index contributed by atoms with van der Waals surface area (Å²) in [7, 11) is 3.22. The van der Waals surface area contributed by atoms with E-state index in [-0.39, 0.29) is 23.8 Å². The second kappa shape index (κ2) is 12.6. The molecule has 0 heterocycles. The number of carbonyl (C=O) groups is 2. The van der Waals surface area contributed by atoms with Crippen molar-refractivity contribution in [2.24, 2.45) is 5.92 Å². The van der Waals surface area contributed by atoms with Gasteiger partial charge in [-0.3, -0.25) is 9.59 Å². The zero-order valence-corrected chi connectivity index (χ0v) is 21.8. The minimum atomic E-state index is -0.605. The van der Waals surface area contributed by atoms with E-state index < -0.39 is 12.1 Å². The van der Waals surface area contributed by atoms with Gasteiger partial charge in [-0.2, -0.15) is 0 Å². The molecule has 3 rings (SSSR count). The maximum absolute atomic E-state index is 14.0. The van der Waals surface area contributed by atoms with Crippen LogP contribution in [-0.4, -0.2) is 43.0 Å². The first-order valence-corrected chi connectivity index (χ1v) is 12.8. The molecule has 1 aliphatic carbocycles. The van der Waals surface area contributed by atoms with Crippen LogP contribution in [0.5, 0.6) is 11.5 Å². The van der Waals surface area contributed by atoms with Gasteiger partial charge >= 0.3 is 0 Å². The molecule has 35 heavy (non-hydrogen) atoms. The first-order chi connectivity index (χ1) is 16.8. The third-order valence-electron chi connectivity index (χ3n) is 6.85. The predicted molar refractivity (Wildman–Crippen MR) is 139 cm³/mol. The Kier molecular flexibility index (Phi) is 9.58. The lowest BCUT2D eigenvalue weighted by atomic mass is 9.93. The van der Waals surface area contributed by atoms with Crippen LogP contribution >= 0.6 is 0 Å². The molecular formula is C29H40N2O4. The first kappa shape index (κ1) is 26.6. The van der Waals surface area contributed by atoms with Crippen LogP contribution in [0.3, 0.4) is 0 Å². The van der Waals surface area contributed by atoms with E-state index in [1.807, 2.05) is 43.3 Å². The average molecular weight is 481 g/mol. The minimum absolute atomic E-state index is 0.0748. The van der Waals surface area contributed by atoms with E-state index in [9.17, 15) is 9.59 Å². The summed E-state index contributed by atoms with van der Waals surface area (Å²) in [6.45, 7) is 6.14. The number of nitrogens with zero attached hydrogens (tertiary/aromatic N) is 1. The molecule has 6 nitrogen and oxygen atoms in total. The smallest absolute Gasteiger partial charge is 0.255 e. The van der Waals surface area contributed by atoms with E-state index in [4.69, 9.17) is 9.47 Å². The van der Waals surface area contributed by atoms with Gasteiger partial charge in [-0.25, -0.2) is 0 Å². The summed E-state index contributed by atoms with van der Waals surface area (Å²) in [5.41, 5.74) is 1.39. The summed E-state index contributed by atoms with van der Waals surface area (Å²) in [4.78, 5) is 29.5. The molecule has 1 N–H and O–H groups in total. The van der Waals surface area contributed by atoms with Gasteiger partial charge in [0.05, 0.1) is 20.3 Å². The molecule has 2 amide bonds. The largest absolute Gasteiger partial charge is 0.497 e. The number of benzene rings is 2. The summed E-state index contributed by atoms with van der Waals surface area (Å²) < 4.78 is 11.0. The van der Waals surface area contributed by atoms with Crippen LogP contribution in [0.25, 0.3) is 0 Å². The molecule has 2 aromatic rings. The van der Waals surface area contributed by atoms with Crippen LogP contribution in [0.2, 0.25) is 0 Å². The van der Waals surface area contributed by atoms with Gasteiger partial charge in [-0.15, -0.1) is 0 Å². The van der Waals surface area contributed by atoms with Gasteiger partial charge in [0.25, 0.3) is 5.91 Å². The summed E-state index contributed by atoms with van der Waals surface area (Å²) in [5.74, 6) is 1.29. The Morgan fingerprint density at radius 3 is 2.26 bits per heavy atom. The van der Waals surface area contributed by atoms with Crippen LogP contribution in [-0.2, 0) is 4.79 Å². The van der Waals surface area contributed by atoms with Crippen molar-refractivity contribution in [1.82, 2.24) is 10.2 Å². The molecule has 1 saturated carbocycles. The predicted octanol–water partition coefficient (Wildman–Crippen LogP) is 5.77. The number of rotatable bonds is 10. The molecule has 0 bridgehead atoms. The van der Waals surface area contributed by atoms with Crippen LogP contribution in [0.1, 0.15) is 81.3 Å². The number of methoxy groups -OCH3 is 2. The zero-order chi connectivity index (χ0) is 25.4. The number of hydrogen-bond acceptors (Lipinski definition) is 4. The second-order valence-corrected chi connectivity index (χ2v) is 9.85. The molecule has 1 aliphatic rings. The Bertz CT molecular complexity index is 970.